The van der Waals surface area contributed by atoms with E-state index < -0.39 is 5.97 Å². The largest absolute Gasteiger partial charge is 0.489 e. The Morgan fingerprint density at radius 3 is 2.83 bits per heavy atom. The zero-order valence-corrected chi connectivity index (χ0v) is 17.0. The summed E-state index contributed by atoms with van der Waals surface area (Å²) < 4.78 is 11.6. The molecule has 1 aliphatic heterocycles. The van der Waals surface area contributed by atoms with Crippen LogP contribution in [-0.2, 0) is 22.6 Å². The van der Waals surface area contributed by atoms with E-state index in [0.717, 1.165) is 53.1 Å². The fourth-order valence-electron chi connectivity index (χ4n) is 4.17. The number of aryl methyl sites for hydroxylation is 3. The second-order valence-corrected chi connectivity index (χ2v) is 7.87. The molecule has 4 rings (SSSR count). The van der Waals surface area contributed by atoms with E-state index in [1.807, 2.05) is 25.1 Å². The number of carboxylic acids is 1. The Hall–Kier alpha value is -2.79. The third-order valence-corrected chi connectivity index (χ3v) is 5.83. The molecular formula is C24H27NO4. The summed E-state index contributed by atoms with van der Waals surface area (Å²) >= 11 is 0. The molecule has 1 aliphatic rings. The van der Waals surface area contributed by atoms with Gasteiger partial charge >= 0.3 is 5.97 Å². The van der Waals surface area contributed by atoms with Gasteiger partial charge in [0.1, 0.15) is 12.4 Å². The van der Waals surface area contributed by atoms with Crippen LogP contribution >= 0.6 is 0 Å². The molecular weight excluding hydrogens is 366 g/mol. The van der Waals surface area contributed by atoms with Gasteiger partial charge in [0.25, 0.3) is 0 Å². The monoisotopic (exact) mass is 393 g/mol. The lowest BCUT2D eigenvalue weighted by atomic mass is 9.93. The van der Waals surface area contributed by atoms with Crippen molar-refractivity contribution in [1.29, 1.82) is 0 Å². The molecule has 5 nitrogen and oxygen atoms in total. The number of aliphatic carboxylic acids is 1. The number of rotatable bonds is 7. The molecule has 2 heterocycles. The zero-order valence-electron chi connectivity index (χ0n) is 17.0. The van der Waals surface area contributed by atoms with E-state index in [1.165, 1.54) is 11.1 Å². The Labute approximate surface area is 170 Å². The zero-order chi connectivity index (χ0) is 20.4. The molecule has 1 saturated heterocycles. The molecule has 1 fully saturated rings. The van der Waals surface area contributed by atoms with Crippen LogP contribution in [0.5, 0.6) is 5.75 Å². The molecule has 29 heavy (non-hydrogen) atoms. The Morgan fingerprint density at radius 1 is 1.24 bits per heavy atom. The maximum absolute atomic E-state index is 10.9. The summed E-state index contributed by atoms with van der Waals surface area (Å²) in [6.45, 7) is 6.37. The van der Waals surface area contributed by atoms with Crippen molar-refractivity contribution >= 4 is 16.9 Å². The van der Waals surface area contributed by atoms with Gasteiger partial charge in [0.15, 0.2) is 0 Å². The molecule has 3 aromatic rings. The van der Waals surface area contributed by atoms with E-state index in [-0.39, 0.29) is 6.42 Å². The highest BCUT2D eigenvalue weighted by atomic mass is 16.5. The quantitative estimate of drug-likeness (QED) is 0.600. The van der Waals surface area contributed by atoms with Gasteiger partial charge in [-0.1, -0.05) is 18.2 Å². The summed E-state index contributed by atoms with van der Waals surface area (Å²) in [5, 5.41) is 10.0. The summed E-state index contributed by atoms with van der Waals surface area (Å²) in [6, 6.07) is 12.5. The van der Waals surface area contributed by atoms with Gasteiger partial charge in [0, 0.05) is 29.1 Å². The molecule has 1 unspecified atom stereocenters. The minimum Gasteiger partial charge on any atom is -0.489 e. The highest BCUT2D eigenvalue weighted by Gasteiger charge is 2.19. The number of fused-ring (bicyclic) bond motifs is 1. The van der Waals surface area contributed by atoms with Gasteiger partial charge < -0.3 is 19.6 Å². The van der Waals surface area contributed by atoms with Crippen molar-refractivity contribution in [1.82, 2.24) is 4.98 Å². The normalized spacial score (nSPS) is 16.4. The summed E-state index contributed by atoms with van der Waals surface area (Å²) in [5.74, 6) is 0.545. The van der Waals surface area contributed by atoms with Gasteiger partial charge in [-0.15, -0.1) is 0 Å². The third-order valence-electron chi connectivity index (χ3n) is 5.83. The molecule has 0 radical (unpaired) electrons. The molecule has 5 heteroatoms. The average Bonchev–Trinajstić information content (AvgIpc) is 3.33. The number of carboxylic acid groups (broad SMARTS) is 1. The van der Waals surface area contributed by atoms with Gasteiger partial charge in [-0.05, 0) is 67.1 Å². The maximum atomic E-state index is 10.9. The first-order valence-electron chi connectivity index (χ1n) is 10.1. The first-order valence-corrected chi connectivity index (χ1v) is 10.1. The molecule has 1 atom stereocenters. The van der Waals surface area contributed by atoms with Crippen molar-refractivity contribution in [2.75, 3.05) is 13.2 Å². The fraction of sp³-hybridized carbons (Fsp3) is 0.375. The van der Waals surface area contributed by atoms with Gasteiger partial charge in [0.2, 0.25) is 0 Å². The highest BCUT2D eigenvalue weighted by molar-refractivity contribution is 5.86. The van der Waals surface area contributed by atoms with Crippen molar-refractivity contribution in [2.45, 2.75) is 45.6 Å². The van der Waals surface area contributed by atoms with Crippen LogP contribution < -0.4 is 4.74 Å². The van der Waals surface area contributed by atoms with E-state index in [4.69, 9.17) is 14.6 Å². The number of hydrogen-bond acceptors (Lipinski definition) is 3. The van der Waals surface area contributed by atoms with E-state index in [9.17, 15) is 4.79 Å². The highest BCUT2D eigenvalue weighted by Crippen LogP contribution is 2.30. The minimum atomic E-state index is -0.783. The van der Waals surface area contributed by atoms with Crippen LogP contribution in [0.3, 0.4) is 0 Å². The standard InChI is InChI=1S/C24H27NO4/c1-15-11-17(3-5-20(15)18-9-10-28-14-18)13-29-19-4-6-23-21(12-19)16(2)22(25-23)7-8-24(26)27/h3-6,11-12,18,25H,7-10,13-14H2,1-2H3,(H,26,27). The lowest BCUT2D eigenvalue weighted by molar-refractivity contribution is -0.136. The number of hydrogen-bond donors (Lipinski definition) is 2. The first kappa shape index (κ1) is 19.5. The minimum absolute atomic E-state index is 0.124. The molecule has 0 bridgehead atoms. The van der Waals surface area contributed by atoms with Gasteiger partial charge in [-0.25, -0.2) is 0 Å². The predicted molar refractivity (Wildman–Crippen MR) is 113 cm³/mol. The molecule has 2 aromatic carbocycles. The maximum Gasteiger partial charge on any atom is 0.303 e. The second kappa shape index (κ2) is 8.29. The van der Waals surface area contributed by atoms with Gasteiger partial charge in [0.05, 0.1) is 13.0 Å². The first-order chi connectivity index (χ1) is 14.0. The van der Waals surface area contributed by atoms with E-state index >= 15 is 0 Å². The Bertz CT molecular complexity index is 1030. The SMILES string of the molecule is Cc1cc(COc2ccc3[nH]c(CCC(=O)O)c(C)c3c2)ccc1C1CCOC1. The molecule has 152 valence electrons. The molecule has 0 amide bonds. The van der Waals surface area contributed by atoms with Crippen molar-refractivity contribution < 1.29 is 19.4 Å². The molecule has 0 spiro atoms. The molecule has 1 aromatic heterocycles. The van der Waals surface area contributed by atoms with Crippen LogP contribution in [-0.4, -0.2) is 29.3 Å². The molecule has 0 saturated carbocycles. The van der Waals surface area contributed by atoms with Crippen LogP contribution in [0.15, 0.2) is 36.4 Å². The van der Waals surface area contributed by atoms with Gasteiger partial charge in [-0.3, -0.25) is 4.79 Å². The second-order valence-electron chi connectivity index (χ2n) is 7.87. The molecule has 0 aliphatic carbocycles. The Balaban J connectivity index is 1.46. The summed E-state index contributed by atoms with van der Waals surface area (Å²) in [5.41, 5.74) is 6.89. The van der Waals surface area contributed by atoms with Crippen LogP contribution in [0, 0.1) is 13.8 Å². The number of H-pyrrole nitrogens is 1. The Kier molecular flexibility index (Phi) is 5.58. The summed E-state index contributed by atoms with van der Waals surface area (Å²) in [7, 11) is 0. The number of benzene rings is 2. The molecule has 2 N–H and O–H groups in total. The van der Waals surface area contributed by atoms with Crippen LogP contribution in [0.25, 0.3) is 10.9 Å². The summed E-state index contributed by atoms with van der Waals surface area (Å²) in [6.07, 6.45) is 1.73. The van der Waals surface area contributed by atoms with Crippen LogP contribution in [0.1, 0.15) is 46.7 Å². The van der Waals surface area contributed by atoms with Crippen molar-refractivity contribution in [3.05, 3.63) is 64.3 Å². The average molecular weight is 393 g/mol. The summed E-state index contributed by atoms with van der Waals surface area (Å²) in [4.78, 5) is 14.2. The van der Waals surface area contributed by atoms with Gasteiger partial charge in [-0.2, -0.15) is 0 Å². The number of aromatic nitrogens is 1. The van der Waals surface area contributed by atoms with E-state index in [2.05, 4.69) is 30.1 Å². The third kappa shape index (κ3) is 4.30. The van der Waals surface area contributed by atoms with Crippen molar-refractivity contribution in [3.8, 4) is 5.75 Å². The van der Waals surface area contributed by atoms with E-state index in [0.29, 0.717) is 18.9 Å². The predicted octanol–water partition coefficient (Wildman–Crippen LogP) is 4.88. The smallest absolute Gasteiger partial charge is 0.303 e. The van der Waals surface area contributed by atoms with E-state index in [1.54, 1.807) is 0 Å². The van der Waals surface area contributed by atoms with Crippen LogP contribution in [0.2, 0.25) is 0 Å². The van der Waals surface area contributed by atoms with Crippen molar-refractivity contribution in [2.24, 2.45) is 0 Å². The number of nitrogens with one attached hydrogen (secondary N) is 1. The topological polar surface area (TPSA) is 71.6 Å². The Morgan fingerprint density at radius 2 is 2.10 bits per heavy atom. The van der Waals surface area contributed by atoms with Crippen molar-refractivity contribution in [3.63, 3.8) is 0 Å². The lowest BCUT2D eigenvalue weighted by Crippen LogP contribution is -2.02. The number of carbonyl (C=O) groups is 1. The fourth-order valence-corrected chi connectivity index (χ4v) is 4.17. The van der Waals surface area contributed by atoms with Crippen LogP contribution in [0.4, 0.5) is 0 Å². The lowest BCUT2D eigenvalue weighted by Gasteiger charge is -2.14. The number of aromatic amines is 1. The number of ether oxygens (including phenoxy) is 2.